The zero-order valence-electron chi connectivity index (χ0n) is 21.5. The number of benzodiazepines with no additional fused rings is 1. The van der Waals surface area contributed by atoms with Crippen molar-refractivity contribution in [3.05, 3.63) is 100 Å². The highest BCUT2D eigenvalue weighted by Crippen LogP contribution is 2.37. The van der Waals surface area contributed by atoms with Gasteiger partial charge >= 0.3 is 6.18 Å². The Balaban J connectivity index is 1.36. The molecule has 0 spiro atoms. The van der Waals surface area contributed by atoms with Crippen molar-refractivity contribution in [2.75, 3.05) is 25.0 Å². The second kappa shape index (κ2) is 10.8. The number of nitrogens with one attached hydrogen (secondary N) is 1. The highest BCUT2D eigenvalue weighted by Gasteiger charge is 2.38. The molecule has 3 aromatic carbocycles. The lowest BCUT2D eigenvalue weighted by Crippen LogP contribution is -2.53. The number of piperidine rings is 1. The van der Waals surface area contributed by atoms with Gasteiger partial charge in [-0.05, 0) is 61.0 Å². The third-order valence-electron chi connectivity index (χ3n) is 7.31. The van der Waals surface area contributed by atoms with E-state index in [4.69, 9.17) is 28.8 Å². The number of halogens is 4. The molecule has 0 aromatic heterocycles. The molecule has 2 heterocycles. The predicted molar refractivity (Wildman–Crippen MR) is 153 cm³/mol. The highest BCUT2D eigenvalue weighted by atomic mass is 35.5. The SMILES string of the molecule is CN1C(=O)C(NC(=S)N2CCC(O)(c3cccc(C(F)(F)F)c3)CC2)N=C(c2ccccc2)c2cc(Cl)ccc21. The fraction of sp³-hybridized carbons (Fsp3) is 0.276. The normalized spacial score (nSPS) is 19.0. The van der Waals surface area contributed by atoms with E-state index in [9.17, 15) is 23.1 Å². The third kappa shape index (κ3) is 5.56. The van der Waals surface area contributed by atoms with E-state index < -0.39 is 23.5 Å². The number of amides is 1. The number of fused-ring (bicyclic) bond motifs is 1. The van der Waals surface area contributed by atoms with Crippen LogP contribution in [0.4, 0.5) is 18.9 Å². The van der Waals surface area contributed by atoms with Crippen LogP contribution in [0.2, 0.25) is 5.02 Å². The summed E-state index contributed by atoms with van der Waals surface area (Å²) in [6.45, 7) is 0.556. The van der Waals surface area contributed by atoms with Gasteiger partial charge in [0.2, 0.25) is 6.17 Å². The summed E-state index contributed by atoms with van der Waals surface area (Å²) >= 11 is 11.9. The number of benzene rings is 3. The Morgan fingerprint density at radius 2 is 1.77 bits per heavy atom. The van der Waals surface area contributed by atoms with Gasteiger partial charge in [0.25, 0.3) is 5.91 Å². The second-order valence-corrected chi connectivity index (χ2v) is 10.7. The van der Waals surface area contributed by atoms with Crippen molar-refractivity contribution in [1.82, 2.24) is 10.2 Å². The summed E-state index contributed by atoms with van der Waals surface area (Å²) in [6, 6.07) is 19.5. The minimum atomic E-state index is -4.50. The van der Waals surface area contributed by atoms with Crippen LogP contribution in [0.1, 0.15) is 35.1 Å². The van der Waals surface area contributed by atoms with E-state index in [-0.39, 0.29) is 42.5 Å². The summed E-state index contributed by atoms with van der Waals surface area (Å²) in [7, 11) is 1.66. The van der Waals surface area contributed by atoms with Gasteiger partial charge in [0.05, 0.1) is 22.6 Å². The van der Waals surface area contributed by atoms with Crippen molar-refractivity contribution in [3.63, 3.8) is 0 Å². The molecule has 208 valence electrons. The van der Waals surface area contributed by atoms with Crippen LogP contribution in [-0.2, 0) is 16.6 Å². The van der Waals surface area contributed by atoms with E-state index in [1.54, 1.807) is 30.1 Å². The van der Waals surface area contributed by atoms with Gasteiger partial charge in [0, 0.05) is 36.3 Å². The van der Waals surface area contributed by atoms with Crippen LogP contribution in [0, 0.1) is 0 Å². The number of carbonyl (C=O) groups is 1. The van der Waals surface area contributed by atoms with Crippen molar-refractivity contribution >= 4 is 46.2 Å². The monoisotopic (exact) mass is 586 g/mol. The molecule has 2 N–H and O–H groups in total. The van der Waals surface area contributed by atoms with Crippen LogP contribution in [0.3, 0.4) is 0 Å². The molecule has 0 bridgehead atoms. The first-order valence-electron chi connectivity index (χ1n) is 12.6. The first kappa shape index (κ1) is 28.1. The first-order valence-corrected chi connectivity index (χ1v) is 13.4. The summed E-state index contributed by atoms with van der Waals surface area (Å²) in [4.78, 5) is 21.6. The van der Waals surface area contributed by atoms with E-state index in [1.807, 2.05) is 30.3 Å². The van der Waals surface area contributed by atoms with Crippen LogP contribution >= 0.6 is 23.8 Å². The maximum absolute atomic E-state index is 13.5. The standard InChI is InChI=1S/C29H26ClF3N4O2S/c1-36-23-11-10-21(30)17-22(23)24(18-6-3-2-4-7-18)34-25(26(36)38)35-27(40)37-14-12-28(39,13-15-37)19-8-5-9-20(16-19)29(31,32)33/h2-11,16-17,25,39H,12-15H2,1H3,(H,35,40). The average molecular weight is 587 g/mol. The number of nitrogens with zero attached hydrogens (tertiary/aromatic N) is 3. The Kier molecular flexibility index (Phi) is 7.60. The van der Waals surface area contributed by atoms with Gasteiger partial charge in [-0.15, -0.1) is 0 Å². The molecular weight excluding hydrogens is 561 g/mol. The van der Waals surface area contributed by atoms with Crippen molar-refractivity contribution in [3.8, 4) is 0 Å². The lowest BCUT2D eigenvalue weighted by molar-refractivity contribution is -0.137. The lowest BCUT2D eigenvalue weighted by atomic mass is 9.84. The molecule has 6 nitrogen and oxygen atoms in total. The summed E-state index contributed by atoms with van der Waals surface area (Å²) in [5.41, 5.74) is 0.721. The number of thiocarbonyl (C=S) groups is 1. The van der Waals surface area contributed by atoms with E-state index >= 15 is 0 Å². The molecule has 40 heavy (non-hydrogen) atoms. The number of carbonyl (C=O) groups excluding carboxylic acids is 1. The lowest BCUT2D eigenvalue weighted by Gasteiger charge is -2.40. The Morgan fingerprint density at radius 1 is 1.07 bits per heavy atom. The smallest absolute Gasteiger partial charge is 0.385 e. The summed E-state index contributed by atoms with van der Waals surface area (Å²) in [5, 5.41) is 15.0. The number of likely N-dealkylation sites (N-methyl/N-ethyl adjacent to an activating group) is 1. The second-order valence-electron chi connectivity index (χ2n) is 9.85. The molecule has 1 saturated heterocycles. The fourth-order valence-electron chi connectivity index (χ4n) is 5.03. The Labute approximate surface area is 240 Å². The largest absolute Gasteiger partial charge is 0.416 e. The first-order chi connectivity index (χ1) is 19.0. The number of hydrogen-bond donors (Lipinski definition) is 2. The quantitative estimate of drug-likeness (QED) is 0.405. The van der Waals surface area contributed by atoms with Crippen LogP contribution in [-0.4, -0.2) is 53.0 Å². The van der Waals surface area contributed by atoms with Gasteiger partial charge in [0.1, 0.15) is 0 Å². The Hall–Kier alpha value is -3.47. The minimum Gasteiger partial charge on any atom is -0.385 e. The van der Waals surface area contributed by atoms with Crippen LogP contribution in [0.15, 0.2) is 77.8 Å². The summed E-state index contributed by atoms with van der Waals surface area (Å²) in [5.74, 6) is -0.325. The van der Waals surface area contributed by atoms with Crippen LogP contribution in [0.5, 0.6) is 0 Å². The highest BCUT2D eigenvalue weighted by molar-refractivity contribution is 7.80. The number of aliphatic hydroxyl groups is 1. The Morgan fingerprint density at radius 3 is 2.45 bits per heavy atom. The fourth-order valence-corrected chi connectivity index (χ4v) is 5.49. The van der Waals surface area contributed by atoms with E-state index in [0.29, 0.717) is 22.0 Å². The average Bonchev–Trinajstić information content (AvgIpc) is 3.03. The van der Waals surface area contributed by atoms with Gasteiger partial charge in [0.15, 0.2) is 5.11 Å². The van der Waals surface area contributed by atoms with E-state index in [1.165, 1.54) is 17.0 Å². The van der Waals surface area contributed by atoms with Crippen molar-refractivity contribution in [1.29, 1.82) is 0 Å². The number of likely N-dealkylation sites (tertiary alicyclic amines) is 1. The topological polar surface area (TPSA) is 68.2 Å². The van der Waals surface area contributed by atoms with Crippen LogP contribution in [0.25, 0.3) is 0 Å². The van der Waals surface area contributed by atoms with Crippen LogP contribution < -0.4 is 10.2 Å². The molecule has 1 unspecified atom stereocenters. The van der Waals surface area contributed by atoms with Gasteiger partial charge in [-0.25, -0.2) is 4.99 Å². The molecule has 5 rings (SSSR count). The molecule has 1 amide bonds. The van der Waals surface area contributed by atoms with Gasteiger partial charge < -0.3 is 20.2 Å². The van der Waals surface area contributed by atoms with Crippen molar-refractivity contribution in [2.45, 2.75) is 30.8 Å². The number of hydrogen-bond acceptors (Lipinski definition) is 4. The van der Waals surface area contributed by atoms with Crippen molar-refractivity contribution in [2.24, 2.45) is 4.99 Å². The van der Waals surface area contributed by atoms with E-state index in [0.717, 1.165) is 17.7 Å². The summed E-state index contributed by atoms with van der Waals surface area (Å²) in [6.07, 6.45) is -5.21. The summed E-state index contributed by atoms with van der Waals surface area (Å²) < 4.78 is 39.7. The molecule has 0 radical (unpaired) electrons. The maximum Gasteiger partial charge on any atom is 0.416 e. The molecule has 0 aliphatic carbocycles. The number of anilines is 1. The molecule has 1 fully saturated rings. The van der Waals surface area contributed by atoms with Gasteiger partial charge in [-0.1, -0.05) is 54.1 Å². The zero-order chi connectivity index (χ0) is 28.7. The predicted octanol–water partition coefficient (Wildman–Crippen LogP) is 5.36. The van der Waals surface area contributed by atoms with E-state index in [2.05, 4.69) is 5.32 Å². The molecule has 11 heteroatoms. The molecule has 3 aromatic rings. The minimum absolute atomic E-state index is 0.164. The maximum atomic E-state index is 13.5. The van der Waals surface area contributed by atoms with Gasteiger partial charge in [-0.3, -0.25) is 4.79 Å². The zero-order valence-corrected chi connectivity index (χ0v) is 23.0. The molecule has 1 atom stereocenters. The van der Waals surface area contributed by atoms with Gasteiger partial charge in [-0.2, -0.15) is 13.2 Å². The third-order valence-corrected chi connectivity index (χ3v) is 7.92. The number of aliphatic imine (C=N–C) groups is 1. The molecular formula is C29H26ClF3N4O2S. The number of rotatable bonds is 3. The number of alkyl halides is 3. The Bertz CT molecular complexity index is 1470. The molecule has 2 aliphatic heterocycles. The molecule has 0 saturated carbocycles. The molecule has 2 aliphatic rings. The van der Waals surface area contributed by atoms with Crippen molar-refractivity contribution < 1.29 is 23.1 Å².